The van der Waals surface area contributed by atoms with Crippen LogP contribution >= 0.6 is 0 Å². The minimum Gasteiger partial charge on any atom is -0.505 e. The fourth-order valence-corrected chi connectivity index (χ4v) is 2.09. The van der Waals surface area contributed by atoms with E-state index in [9.17, 15) is 14.7 Å². The lowest BCUT2D eigenvalue weighted by atomic mass is 10.2. The zero-order valence-corrected chi connectivity index (χ0v) is 10.1. The van der Waals surface area contributed by atoms with Gasteiger partial charge in [-0.2, -0.15) is 0 Å². The number of carbonyl (C=O) groups is 2. The molecule has 1 aromatic heterocycles. The molecular weight excluding hydrogens is 234 g/mol. The maximum Gasteiger partial charge on any atom is 0.257 e. The van der Waals surface area contributed by atoms with Gasteiger partial charge < -0.3 is 15.3 Å². The molecule has 1 aromatic rings. The van der Waals surface area contributed by atoms with Crippen LogP contribution in [0.4, 0.5) is 0 Å². The third-order valence-electron chi connectivity index (χ3n) is 2.91. The Kier molecular flexibility index (Phi) is 3.45. The van der Waals surface area contributed by atoms with Crippen LogP contribution in [0.15, 0.2) is 18.5 Å². The minimum absolute atomic E-state index is 0.00423. The highest BCUT2D eigenvalue weighted by Crippen LogP contribution is 2.19. The van der Waals surface area contributed by atoms with Crippen molar-refractivity contribution >= 4 is 11.8 Å². The van der Waals surface area contributed by atoms with E-state index in [2.05, 4.69) is 10.3 Å². The molecule has 1 saturated heterocycles. The fraction of sp³-hybridized carbons (Fsp3) is 0.417. The Labute approximate surface area is 105 Å². The van der Waals surface area contributed by atoms with Crippen LogP contribution in [0, 0.1) is 0 Å². The van der Waals surface area contributed by atoms with Gasteiger partial charge in [0.05, 0.1) is 11.8 Å². The van der Waals surface area contributed by atoms with Crippen molar-refractivity contribution in [3.05, 3.63) is 24.0 Å². The molecule has 1 atom stereocenters. The molecule has 2 amide bonds. The summed E-state index contributed by atoms with van der Waals surface area (Å²) >= 11 is 0. The topological polar surface area (TPSA) is 82.5 Å². The molecule has 1 fully saturated rings. The van der Waals surface area contributed by atoms with Gasteiger partial charge in [-0.3, -0.25) is 14.6 Å². The smallest absolute Gasteiger partial charge is 0.257 e. The van der Waals surface area contributed by atoms with Crippen molar-refractivity contribution in [3.8, 4) is 5.75 Å². The predicted molar refractivity (Wildman–Crippen MR) is 64.0 cm³/mol. The van der Waals surface area contributed by atoms with Gasteiger partial charge in [-0.05, 0) is 12.5 Å². The van der Waals surface area contributed by atoms with Crippen LogP contribution in [0.25, 0.3) is 0 Å². The van der Waals surface area contributed by atoms with Crippen molar-refractivity contribution in [2.75, 3.05) is 13.1 Å². The van der Waals surface area contributed by atoms with E-state index < -0.39 is 0 Å². The summed E-state index contributed by atoms with van der Waals surface area (Å²) in [5.74, 6) is -0.450. The molecule has 2 heterocycles. The molecule has 0 aromatic carbocycles. The summed E-state index contributed by atoms with van der Waals surface area (Å²) in [6.45, 7) is 2.50. The number of aromatic hydroxyl groups is 1. The van der Waals surface area contributed by atoms with E-state index in [1.54, 1.807) is 4.90 Å². The molecule has 1 aliphatic rings. The Morgan fingerprint density at radius 2 is 2.33 bits per heavy atom. The Morgan fingerprint density at radius 3 is 3.00 bits per heavy atom. The second-order valence-corrected chi connectivity index (χ2v) is 4.33. The maximum atomic E-state index is 12.1. The highest BCUT2D eigenvalue weighted by atomic mass is 16.3. The average Bonchev–Trinajstić information content (AvgIpc) is 2.76. The third-order valence-corrected chi connectivity index (χ3v) is 2.91. The Bertz CT molecular complexity index is 475. The molecule has 0 aliphatic carbocycles. The zero-order chi connectivity index (χ0) is 13.1. The van der Waals surface area contributed by atoms with Gasteiger partial charge in [-0.25, -0.2) is 0 Å². The van der Waals surface area contributed by atoms with E-state index in [1.165, 1.54) is 25.4 Å². The molecule has 2 N–H and O–H groups in total. The summed E-state index contributed by atoms with van der Waals surface area (Å²) in [6, 6.07) is 1.49. The van der Waals surface area contributed by atoms with E-state index in [1.807, 2.05) is 0 Å². The first-order valence-corrected chi connectivity index (χ1v) is 5.77. The lowest BCUT2D eigenvalue weighted by Crippen LogP contribution is -2.37. The first-order valence-electron chi connectivity index (χ1n) is 5.77. The van der Waals surface area contributed by atoms with Gasteiger partial charge in [0.1, 0.15) is 5.75 Å². The molecule has 0 radical (unpaired) electrons. The van der Waals surface area contributed by atoms with Crippen LogP contribution in [0.3, 0.4) is 0 Å². The van der Waals surface area contributed by atoms with Crippen molar-refractivity contribution in [2.45, 2.75) is 19.4 Å². The van der Waals surface area contributed by atoms with Gasteiger partial charge in [0.15, 0.2) is 0 Å². The summed E-state index contributed by atoms with van der Waals surface area (Å²) in [6.07, 6.45) is 3.44. The summed E-state index contributed by atoms with van der Waals surface area (Å²) in [5, 5.41) is 12.4. The van der Waals surface area contributed by atoms with Gasteiger partial charge in [0.2, 0.25) is 5.91 Å². The molecule has 1 aliphatic heterocycles. The Morgan fingerprint density at radius 1 is 1.56 bits per heavy atom. The van der Waals surface area contributed by atoms with E-state index in [-0.39, 0.29) is 29.2 Å². The van der Waals surface area contributed by atoms with E-state index >= 15 is 0 Å². The number of aromatic nitrogens is 1. The highest BCUT2D eigenvalue weighted by molar-refractivity contribution is 5.96. The van der Waals surface area contributed by atoms with Gasteiger partial charge in [0, 0.05) is 32.3 Å². The number of pyridine rings is 1. The second-order valence-electron chi connectivity index (χ2n) is 4.33. The Hall–Kier alpha value is -2.11. The summed E-state index contributed by atoms with van der Waals surface area (Å²) < 4.78 is 0. The third kappa shape index (κ3) is 2.58. The first-order chi connectivity index (χ1) is 8.58. The number of likely N-dealkylation sites (tertiary alicyclic amines) is 1. The van der Waals surface area contributed by atoms with E-state index in [0.717, 1.165) is 6.42 Å². The van der Waals surface area contributed by atoms with Crippen molar-refractivity contribution in [1.29, 1.82) is 0 Å². The molecular formula is C12H15N3O3. The number of nitrogens with zero attached hydrogens (tertiary/aromatic N) is 2. The van der Waals surface area contributed by atoms with Gasteiger partial charge >= 0.3 is 0 Å². The molecule has 1 unspecified atom stereocenters. The monoisotopic (exact) mass is 249 g/mol. The molecule has 0 spiro atoms. The largest absolute Gasteiger partial charge is 0.505 e. The van der Waals surface area contributed by atoms with Crippen LogP contribution in [0.2, 0.25) is 0 Å². The van der Waals surface area contributed by atoms with E-state index in [4.69, 9.17) is 0 Å². The van der Waals surface area contributed by atoms with E-state index in [0.29, 0.717) is 13.1 Å². The number of amides is 2. The average molecular weight is 249 g/mol. The van der Waals surface area contributed by atoms with Crippen LogP contribution in [-0.2, 0) is 4.79 Å². The first kappa shape index (κ1) is 12.3. The standard InChI is InChI=1S/C12H15N3O3/c1-8(16)14-9-3-5-15(7-9)12(18)10-2-4-13-6-11(10)17/h2,4,6,9,17H,3,5,7H2,1H3,(H,14,16). The number of carbonyl (C=O) groups excluding carboxylic acids is 2. The molecule has 0 saturated carbocycles. The molecule has 0 bridgehead atoms. The van der Waals surface area contributed by atoms with Crippen molar-refractivity contribution in [2.24, 2.45) is 0 Å². The predicted octanol–water partition coefficient (Wildman–Crippen LogP) is 0.138. The summed E-state index contributed by atoms with van der Waals surface area (Å²) in [4.78, 5) is 28.4. The molecule has 6 nitrogen and oxygen atoms in total. The minimum atomic E-state index is -0.234. The van der Waals surface area contributed by atoms with Gasteiger partial charge in [-0.15, -0.1) is 0 Å². The summed E-state index contributed by atoms with van der Waals surface area (Å²) in [7, 11) is 0. The lowest BCUT2D eigenvalue weighted by molar-refractivity contribution is -0.119. The van der Waals surface area contributed by atoms with Crippen molar-refractivity contribution in [3.63, 3.8) is 0 Å². The van der Waals surface area contributed by atoms with Gasteiger partial charge in [-0.1, -0.05) is 0 Å². The lowest BCUT2D eigenvalue weighted by Gasteiger charge is -2.17. The molecule has 96 valence electrons. The number of hydrogen-bond donors (Lipinski definition) is 2. The summed E-state index contributed by atoms with van der Waals surface area (Å²) in [5.41, 5.74) is 0.244. The maximum absolute atomic E-state index is 12.1. The van der Waals surface area contributed by atoms with Crippen LogP contribution < -0.4 is 5.32 Å². The molecule has 6 heteroatoms. The zero-order valence-electron chi connectivity index (χ0n) is 10.1. The highest BCUT2D eigenvalue weighted by Gasteiger charge is 2.28. The van der Waals surface area contributed by atoms with Crippen LogP contribution in [0.1, 0.15) is 23.7 Å². The van der Waals surface area contributed by atoms with Crippen LogP contribution in [0.5, 0.6) is 5.75 Å². The van der Waals surface area contributed by atoms with Crippen molar-refractivity contribution in [1.82, 2.24) is 15.2 Å². The van der Waals surface area contributed by atoms with Gasteiger partial charge in [0.25, 0.3) is 5.91 Å². The SMILES string of the molecule is CC(=O)NC1CCN(C(=O)c2ccncc2O)C1. The Balaban J connectivity index is 2.04. The number of hydrogen-bond acceptors (Lipinski definition) is 4. The number of nitrogens with one attached hydrogen (secondary N) is 1. The fourth-order valence-electron chi connectivity index (χ4n) is 2.09. The second kappa shape index (κ2) is 5.03. The number of rotatable bonds is 2. The van der Waals surface area contributed by atoms with Crippen LogP contribution in [-0.4, -0.2) is 45.9 Å². The normalized spacial score (nSPS) is 18.7. The van der Waals surface area contributed by atoms with Crippen molar-refractivity contribution < 1.29 is 14.7 Å². The molecule has 2 rings (SSSR count). The molecule has 18 heavy (non-hydrogen) atoms. The quantitative estimate of drug-likeness (QED) is 0.781.